The molecular weight excluding hydrogens is 419 g/mol. The van der Waals surface area contributed by atoms with Crippen LogP contribution in [0.3, 0.4) is 0 Å². The molecule has 1 aliphatic heterocycles. The highest BCUT2D eigenvalue weighted by Gasteiger charge is 2.48. The van der Waals surface area contributed by atoms with E-state index in [0.29, 0.717) is 26.3 Å². The highest BCUT2D eigenvalue weighted by Crippen LogP contribution is 2.44. The minimum absolute atomic E-state index is 0.0457. The molecule has 4 rings (SSSR count). The maximum Gasteiger partial charge on any atom is 0.301 e. The van der Waals surface area contributed by atoms with Crippen molar-refractivity contribution >= 4 is 57.1 Å². The Labute approximate surface area is 174 Å². The third kappa shape index (κ3) is 3.09. The first kappa shape index (κ1) is 18.7. The van der Waals surface area contributed by atoms with E-state index in [-0.39, 0.29) is 11.3 Å². The maximum absolute atomic E-state index is 12.9. The van der Waals surface area contributed by atoms with Crippen LogP contribution in [0.4, 0.5) is 5.13 Å². The average molecular weight is 431 g/mol. The summed E-state index contributed by atoms with van der Waals surface area (Å²) in [6.45, 7) is 0. The lowest BCUT2D eigenvalue weighted by molar-refractivity contribution is -0.132. The van der Waals surface area contributed by atoms with Crippen molar-refractivity contribution < 1.29 is 14.7 Å². The second kappa shape index (κ2) is 7.39. The van der Waals surface area contributed by atoms with Crippen molar-refractivity contribution in [2.45, 2.75) is 6.04 Å². The number of anilines is 1. The van der Waals surface area contributed by atoms with Crippen molar-refractivity contribution in [3.05, 3.63) is 86.9 Å². The molecule has 28 heavy (non-hydrogen) atoms. The predicted molar refractivity (Wildman–Crippen MR) is 110 cm³/mol. The van der Waals surface area contributed by atoms with Gasteiger partial charge in [0.2, 0.25) is 0 Å². The number of thiazole rings is 1. The third-order valence-electron chi connectivity index (χ3n) is 4.39. The summed E-state index contributed by atoms with van der Waals surface area (Å²) in [4.78, 5) is 31.2. The Kier molecular flexibility index (Phi) is 4.93. The number of aliphatic hydroxyl groups is 1. The summed E-state index contributed by atoms with van der Waals surface area (Å²) in [6.07, 6.45) is 1.54. The number of benzene rings is 2. The number of aliphatic hydroxyl groups excluding tert-OH is 1. The first-order valence-electron chi connectivity index (χ1n) is 8.20. The Morgan fingerprint density at radius 2 is 1.79 bits per heavy atom. The van der Waals surface area contributed by atoms with Crippen LogP contribution in [-0.4, -0.2) is 21.8 Å². The number of ketones is 1. The van der Waals surface area contributed by atoms with Gasteiger partial charge in [0.25, 0.3) is 5.78 Å². The van der Waals surface area contributed by atoms with E-state index in [1.807, 2.05) is 0 Å². The molecule has 0 unspecified atom stereocenters. The van der Waals surface area contributed by atoms with Gasteiger partial charge >= 0.3 is 5.91 Å². The number of amides is 1. The first-order chi connectivity index (χ1) is 13.5. The second-order valence-electron chi connectivity index (χ2n) is 6.01. The molecule has 0 spiro atoms. The van der Waals surface area contributed by atoms with Crippen molar-refractivity contribution in [2.75, 3.05) is 4.90 Å². The molecule has 2 aromatic carbocycles. The fourth-order valence-corrected chi connectivity index (χ4v) is 4.15. The van der Waals surface area contributed by atoms with Gasteiger partial charge in [-0.15, -0.1) is 11.3 Å². The van der Waals surface area contributed by atoms with Gasteiger partial charge in [-0.1, -0.05) is 41.4 Å². The van der Waals surface area contributed by atoms with E-state index in [1.165, 1.54) is 16.2 Å². The number of aromatic nitrogens is 1. The molecule has 1 N–H and O–H groups in total. The van der Waals surface area contributed by atoms with Gasteiger partial charge in [-0.3, -0.25) is 14.5 Å². The van der Waals surface area contributed by atoms with Crippen molar-refractivity contribution in [3.8, 4) is 0 Å². The number of rotatable bonds is 3. The molecule has 1 fully saturated rings. The number of hydrogen-bond acceptors (Lipinski definition) is 5. The van der Waals surface area contributed by atoms with Crippen LogP contribution in [0.15, 0.2) is 65.7 Å². The van der Waals surface area contributed by atoms with Gasteiger partial charge in [0.05, 0.1) is 11.6 Å². The van der Waals surface area contributed by atoms with Gasteiger partial charge in [-0.05, 0) is 35.9 Å². The lowest BCUT2D eigenvalue weighted by Crippen LogP contribution is -2.29. The molecular formula is C20H12Cl2N2O3S. The zero-order valence-corrected chi connectivity index (χ0v) is 16.5. The van der Waals surface area contributed by atoms with Crippen LogP contribution in [-0.2, 0) is 9.59 Å². The average Bonchev–Trinajstić information content (AvgIpc) is 3.30. The third-order valence-corrected chi connectivity index (χ3v) is 5.75. The first-order valence-corrected chi connectivity index (χ1v) is 9.83. The minimum Gasteiger partial charge on any atom is -0.507 e. The van der Waals surface area contributed by atoms with Crippen LogP contribution >= 0.6 is 34.5 Å². The van der Waals surface area contributed by atoms with Gasteiger partial charge in [-0.25, -0.2) is 4.98 Å². The van der Waals surface area contributed by atoms with Gasteiger partial charge in [-0.2, -0.15) is 0 Å². The quantitative estimate of drug-likeness (QED) is 0.357. The van der Waals surface area contributed by atoms with Gasteiger partial charge < -0.3 is 5.11 Å². The van der Waals surface area contributed by atoms with Crippen molar-refractivity contribution in [3.63, 3.8) is 0 Å². The maximum atomic E-state index is 12.9. The molecule has 5 nitrogen and oxygen atoms in total. The van der Waals surface area contributed by atoms with Crippen LogP contribution in [0.25, 0.3) is 5.76 Å². The van der Waals surface area contributed by atoms with E-state index in [9.17, 15) is 14.7 Å². The summed E-state index contributed by atoms with van der Waals surface area (Å²) in [5, 5.41) is 13.8. The summed E-state index contributed by atoms with van der Waals surface area (Å²) in [7, 11) is 0. The number of carbonyl (C=O) groups excluding carboxylic acids is 2. The number of Topliss-reactive ketones (excluding diaryl/α,β-unsaturated/α-hetero) is 1. The molecule has 1 amide bonds. The summed E-state index contributed by atoms with van der Waals surface area (Å²) < 4.78 is 0. The van der Waals surface area contributed by atoms with E-state index in [0.717, 1.165) is 0 Å². The molecule has 0 bridgehead atoms. The molecule has 1 atom stereocenters. The lowest BCUT2D eigenvalue weighted by Gasteiger charge is -2.23. The number of halogens is 2. The van der Waals surface area contributed by atoms with Crippen molar-refractivity contribution in [2.24, 2.45) is 0 Å². The summed E-state index contributed by atoms with van der Waals surface area (Å²) >= 11 is 13.5. The summed E-state index contributed by atoms with van der Waals surface area (Å²) in [5.41, 5.74) is 0.850. The fraction of sp³-hybridized carbons (Fsp3) is 0.0500. The van der Waals surface area contributed by atoms with E-state index in [1.54, 1.807) is 60.1 Å². The van der Waals surface area contributed by atoms with Crippen LogP contribution in [0.2, 0.25) is 10.0 Å². The predicted octanol–water partition coefficient (Wildman–Crippen LogP) is 5.08. The molecule has 140 valence electrons. The van der Waals surface area contributed by atoms with Crippen molar-refractivity contribution in [1.82, 2.24) is 4.98 Å². The molecule has 1 aromatic heterocycles. The number of nitrogens with zero attached hydrogens (tertiary/aromatic N) is 2. The Hall–Kier alpha value is -2.67. The standard InChI is InChI=1S/C20H12Cl2N2O3S/c21-12-7-5-11(6-8-12)17(25)15-16(13-3-1-2-4-14(13)22)24(19(27)18(15)26)20-23-9-10-28-20/h1-10,16,25H/t16-/m0/s1. The molecule has 1 aliphatic rings. The van der Waals surface area contributed by atoms with Crippen molar-refractivity contribution in [1.29, 1.82) is 0 Å². The summed E-state index contributed by atoms with van der Waals surface area (Å²) in [6, 6.07) is 12.4. The van der Waals surface area contributed by atoms with E-state index < -0.39 is 17.7 Å². The molecule has 1 saturated heterocycles. The van der Waals surface area contributed by atoms with Gasteiger partial charge in [0.1, 0.15) is 5.76 Å². The number of hydrogen-bond donors (Lipinski definition) is 1. The topological polar surface area (TPSA) is 70.5 Å². The van der Waals surface area contributed by atoms with Crippen LogP contribution in [0.5, 0.6) is 0 Å². The molecule has 2 heterocycles. The molecule has 0 saturated carbocycles. The highest BCUT2D eigenvalue weighted by atomic mass is 35.5. The Morgan fingerprint density at radius 1 is 1.07 bits per heavy atom. The largest absolute Gasteiger partial charge is 0.507 e. The number of carbonyl (C=O) groups is 2. The Balaban J connectivity index is 1.96. The van der Waals surface area contributed by atoms with E-state index >= 15 is 0 Å². The molecule has 0 radical (unpaired) electrons. The SMILES string of the molecule is O=C1C(=O)N(c2nccs2)[C@@H](c2ccccc2Cl)C1=C(O)c1ccc(Cl)cc1. The Morgan fingerprint density at radius 3 is 2.43 bits per heavy atom. The van der Waals surface area contributed by atoms with E-state index in [4.69, 9.17) is 23.2 Å². The zero-order valence-electron chi connectivity index (χ0n) is 14.2. The monoisotopic (exact) mass is 430 g/mol. The lowest BCUT2D eigenvalue weighted by atomic mass is 9.95. The van der Waals surface area contributed by atoms with Crippen LogP contribution < -0.4 is 4.90 Å². The van der Waals surface area contributed by atoms with Crippen LogP contribution in [0, 0.1) is 0 Å². The van der Waals surface area contributed by atoms with Gasteiger partial charge in [0.15, 0.2) is 5.13 Å². The second-order valence-corrected chi connectivity index (χ2v) is 7.73. The fourth-order valence-electron chi connectivity index (χ4n) is 3.12. The molecule has 0 aliphatic carbocycles. The van der Waals surface area contributed by atoms with E-state index in [2.05, 4.69) is 4.98 Å². The van der Waals surface area contributed by atoms with Gasteiger partial charge in [0, 0.05) is 27.2 Å². The minimum atomic E-state index is -0.893. The normalized spacial score (nSPS) is 18.6. The highest BCUT2D eigenvalue weighted by molar-refractivity contribution is 7.14. The summed E-state index contributed by atoms with van der Waals surface area (Å²) in [5.74, 6) is -1.86. The zero-order chi connectivity index (χ0) is 19.8. The molecule has 3 aromatic rings. The smallest absolute Gasteiger partial charge is 0.301 e. The van der Waals surface area contributed by atoms with Crippen LogP contribution in [0.1, 0.15) is 17.2 Å². The Bertz CT molecular complexity index is 1090. The molecule has 8 heteroatoms.